The summed E-state index contributed by atoms with van der Waals surface area (Å²) in [6.45, 7) is 3.16. The molecule has 1 aromatic carbocycles. The van der Waals surface area contributed by atoms with Crippen molar-refractivity contribution >= 4 is 29.4 Å². The van der Waals surface area contributed by atoms with Crippen LogP contribution < -0.4 is 0 Å². The summed E-state index contributed by atoms with van der Waals surface area (Å²) in [6.07, 6.45) is 18.3. The predicted molar refractivity (Wildman–Crippen MR) is 110 cm³/mol. The Labute approximate surface area is 158 Å². The summed E-state index contributed by atoms with van der Waals surface area (Å²) in [5, 5.41) is 1.33. The molecule has 0 N–H and O–H groups in total. The fraction of sp³-hybridized carbons (Fsp3) is 0.667. The van der Waals surface area contributed by atoms with Gasteiger partial charge in [-0.2, -0.15) is 0 Å². The largest absolute Gasteiger partial charge is 0.293 e. The first-order chi connectivity index (χ1) is 11.7. The lowest BCUT2D eigenvalue weighted by Gasteiger charge is -2.02. The normalized spacial score (nSPS) is 11.5. The molecule has 0 spiro atoms. The molecule has 0 radical (unpaired) electrons. The van der Waals surface area contributed by atoms with Crippen LogP contribution in [0.4, 0.5) is 0 Å². The van der Waals surface area contributed by atoms with Crippen molar-refractivity contribution in [3.8, 4) is 0 Å². The van der Waals surface area contributed by atoms with Gasteiger partial charge in [-0.25, -0.2) is 0 Å². The van der Waals surface area contributed by atoms with Crippen LogP contribution in [0.15, 0.2) is 23.2 Å². The van der Waals surface area contributed by atoms with E-state index in [1.165, 1.54) is 77.0 Å². The summed E-state index contributed by atoms with van der Waals surface area (Å²) < 4.78 is 0. The maximum atomic E-state index is 6.11. The smallest absolute Gasteiger partial charge is 0.0508 e. The molecule has 0 amide bonds. The van der Waals surface area contributed by atoms with Crippen molar-refractivity contribution in [1.29, 1.82) is 0 Å². The number of hydrogen-bond acceptors (Lipinski definition) is 1. The maximum absolute atomic E-state index is 6.11. The second-order valence-electron chi connectivity index (χ2n) is 6.59. The highest BCUT2D eigenvalue weighted by Crippen LogP contribution is 2.19. The highest BCUT2D eigenvalue weighted by Gasteiger charge is 1.97. The molecule has 0 aromatic heterocycles. The van der Waals surface area contributed by atoms with E-state index in [1.54, 1.807) is 6.07 Å². The van der Waals surface area contributed by atoms with Crippen molar-refractivity contribution in [3.63, 3.8) is 0 Å². The SMILES string of the molecule is CCCCCCCCCCCCCCN=Cc1ccc(Cl)cc1Cl. The Morgan fingerprint density at radius 2 is 1.33 bits per heavy atom. The summed E-state index contributed by atoms with van der Waals surface area (Å²) in [7, 11) is 0. The molecule has 3 heteroatoms. The van der Waals surface area contributed by atoms with Gasteiger partial charge in [0.05, 0.1) is 5.02 Å². The van der Waals surface area contributed by atoms with Gasteiger partial charge in [0.1, 0.15) is 0 Å². The average molecular weight is 370 g/mol. The predicted octanol–water partition coefficient (Wildman–Crippen LogP) is 8.11. The zero-order valence-electron chi connectivity index (χ0n) is 15.2. The Kier molecular flexibility index (Phi) is 13.3. The van der Waals surface area contributed by atoms with E-state index in [9.17, 15) is 0 Å². The Bertz CT molecular complexity index is 457. The third-order valence-electron chi connectivity index (χ3n) is 4.33. The lowest BCUT2D eigenvalue weighted by atomic mass is 10.1. The molecule has 1 nitrogen and oxygen atoms in total. The Morgan fingerprint density at radius 1 is 0.792 bits per heavy atom. The standard InChI is InChI=1S/C21H33Cl2N/c1-2-3-4-5-6-7-8-9-10-11-12-13-16-24-18-19-14-15-20(22)17-21(19)23/h14-15,17-18H,2-13,16H2,1H3. The minimum Gasteiger partial charge on any atom is -0.293 e. The Hall–Kier alpha value is -0.530. The molecule has 1 rings (SSSR count). The summed E-state index contributed by atoms with van der Waals surface area (Å²) in [6, 6.07) is 5.52. The van der Waals surface area contributed by atoms with Crippen LogP contribution in [0.1, 0.15) is 89.5 Å². The molecule has 1 aromatic rings. The number of benzene rings is 1. The van der Waals surface area contributed by atoms with Crippen LogP contribution in [0.2, 0.25) is 10.0 Å². The highest BCUT2D eigenvalue weighted by molar-refractivity contribution is 6.36. The van der Waals surface area contributed by atoms with E-state index in [1.807, 2.05) is 18.3 Å². The third kappa shape index (κ3) is 11.1. The fourth-order valence-corrected chi connectivity index (χ4v) is 3.27. The van der Waals surface area contributed by atoms with Gasteiger partial charge in [-0.05, 0) is 18.6 Å². The monoisotopic (exact) mass is 369 g/mol. The average Bonchev–Trinajstić information content (AvgIpc) is 2.57. The van der Waals surface area contributed by atoms with E-state index in [0.717, 1.165) is 12.1 Å². The molecule has 136 valence electrons. The van der Waals surface area contributed by atoms with E-state index >= 15 is 0 Å². The molecule has 0 aliphatic heterocycles. The number of nitrogens with zero attached hydrogens (tertiary/aromatic N) is 1. The minimum atomic E-state index is 0.665. The van der Waals surface area contributed by atoms with E-state index < -0.39 is 0 Å². The van der Waals surface area contributed by atoms with E-state index in [-0.39, 0.29) is 0 Å². The zero-order chi connectivity index (χ0) is 17.5. The molecule has 0 bridgehead atoms. The topological polar surface area (TPSA) is 12.4 Å². The van der Waals surface area contributed by atoms with Crippen molar-refractivity contribution < 1.29 is 0 Å². The second kappa shape index (κ2) is 14.8. The van der Waals surface area contributed by atoms with Crippen molar-refractivity contribution in [3.05, 3.63) is 33.8 Å². The molecule has 0 aliphatic carbocycles. The van der Waals surface area contributed by atoms with Crippen LogP contribution in [0.25, 0.3) is 0 Å². The van der Waals surface area contributed by atoms with Gasteiger partial charge in [0, 0.05) is 23.3 Å². The quantitative estimate of drug-likeness (QED) is 0.232. The summed E-state index contributed by atoms with van der Waals surface area (Å²) in [5.41, 5.74) is 0.944. The van der Waals surface area contributed by atoms with Crippen LogP contribution in [-0.4, -0.2) is 12.8 Å². The van der Waals surface area contributed by atoms with Gasteiger partial charge in [0.15, 0.2) is 0 Å². The summed E-state index contributed by atoms with van der Waals surface area (Å²) >= 11 is 12.0. The van der Waals surface area contributed by atoms with Crippen molar-refractivity contribution in [2.45, 2.75) is 84.0 Å². The van der Waals surface area contributed by atoms with Crippen LogP contribution in [0, 0.1) is 0 Å². The minimum absolute atomic E-state index is 0.665. The molecule has 0 saturated heterocycles. The lowest BCUT2D eigenvalue weighted by Crippen LogP contribution is -1.87. The first-order valence-corrected chi connectivity index (χ1v) is 10.4. The van der Waals surface area contributed by atoms with E-state index in [2.05, 4.69) is 11.9 Å². The highest BCUT2D eigenvalue weighted by atomic mass is 35.5. The van der Waals surface area contributed by atoms with E-state index in [0.29, 0.717) is 10.0 Å². The van der Waals surface area contributed by atoms with Crippen LogP contribution in [0.5, 0.6) is 0 Å². The summed E-state index contributed by atoms with van der Waals surface area (Å²) in [4.78, 5) is 4.46. The first-order valence-electron chi connectivity index (χ1n) is 9.69. The van der Waals surface area contributed by atoms with E-state index in [4.69, 9.17) is 23.2 Å². The molecule has 0 unspecified atom stereocenters. The molecule has 0 atom stereocenters. The maximum Gasteiger partial charge on any atom is 0.0508 e. The van der Waals surface area contributed by atoms with Crippen LogP contribution in [0.3, 0.4) is 0 Å². The molecule has 0 aliphatic rings. The molecular formula is C21H33Cl2N. The third-order valence-corrected chi connectivity index (χ3v) is 4.90. The zero-order valence-corrected chi connectivity index (χ0v) is 16.7. The summed E-state index contributed by atoms with van der Waals surface area (Å²) in [5.74, 6) is 0. The Morgan fingerprint density at radius 3 is 1.88 bits per heavy atom. The van der Waals surface area contributed by atoms with Gasteiger partial charge < -0.3 is 0 Å². The molecule has 24 heavy (non-hydrogen) atoms. The van der Waals surface area contributed by atoms with Gasteiger partial charge in [0.2, 0.25) is 0 Å². The van der Waals surface area contributed by atoms with Crippen molar-refractivity contribution in [2.75, 3.05) is 6.54 Å². The molecule has 0 saturated carbocycles. The van der Waals surface area contributed by atoms with Crippen molar-refractivity contribution in [2.24, 2.45) is 4.99 Å². The number of aliphatic imine (C=N–C) groups is 1. The van der Waals surface area contributed by atoms with Gasteiger partial charge in [-0.15, -0.1) is 0 Å². The molecular weight excluding hydrogens is 337 g/mol. The molecule has 0 fully saturated rings. The number of rotatable bonds is 14. The van der Waals surface area contributed by atoms with Crippen LogP contribution >= 0.6 is 23.2 Å². The van der Waals surface area contributed by atoms with Crippen LogP contribution in [-0.2, 0) is 0 Å². The number of hydrogen-bond donors (Lipinski definition) is 0. The number of unbranched alkanes of at least 4 members (excludes halogenated alkanes) is 11. The molecule has 0 heterocycles. The van der Waals surface area contributed by atoms with Gasteiger partial charge in [-0.3, -0.25) is 4.99 Å². The first kappa shape index (κ1) is 21.5. The lowest BCUT2D eigenvalue weighted by molar-refractivity contribution is 0.545. The van der Waals surface area contributed by atoms with Crippen molar-refractivity contribution in [1.82, 2.24) is 0 Å². The fourth-order valence-electron chi connectivity index (χ4n) is 2.81. The van der Waals surface area contributed by atoms with Gasteiger partial charge in [-0.1, -0.05) is 107 Å². The van der Waals surface area contributed by atoms with Gasteiger partial charge in [0.25, 0.3) is 0 Å². The Balaban J connectivity index is 1.91. The van der Waals surface area contributed by atoms with Gasteiger partial charge >= 0.3 is 0 Å². The second-order valence-corrected chi connectivity index (χ2v) is 7.43. The number of halogens is 2.